The fourth-order valence-electron chi connectivity index (χ4n) is 0.602. The Balaban J connectivity index is 2.98. The summed E-state index contributed by atoms with van der Waals surface area (Å²) >= 11 is 0.678. The molecule has 0 N–H and O–H groups in total. The Morgan fingerprint density at radius 1 is 1.22 bits per heavy atom. The van der Waals surface area contributed by atoms with Gasteiger partial charge in [0.1, 0.15) is 0 Å². The van der Waals surface area contributed by atoms with Crippen LogP contribution in [0.5, 0.6) is 0 Å². The number of carbonyl (C=O) groups is 1. The first-order chi connectivity index (χ1) is 4.30. The van der Waals surface area contributed by atoms with Gasteiger partial charge in [-0.2, -0.15) is 0 Å². The second kappa shape index (κ2) is 3.06. The quantitative estimate of drug-likeness (QED) is 0.689. The predicted molar refractivity (Wildman–Crippen MR) is 36.5 cm³/mol. The zero-order valence-corrected chi connectivity index (χ0v) is 8.17. The van der Waals surface area contributed by atoms with Gasteiger partial charge in [0.15, 0.2) is 0 Å². The van der Waals surface area contributed by atoms with Crippen molar-refractivity contribution in [2.45, 2.75) is 0 Å². The van der Waals surface area contributed by atoms with Gasteiger partial charge in [0.2, 0.25) is 0 Å². The Labute approximate surface area is 68.7 Å². The molecule has 2 heteroatoms. The second-order valence-electron chi connectivity index (χ2n) is 1.73. The first kappa shape index (κ1) is 6.87. The van der Waals surface area contributed by atoms with Gasteiger partial charge in [-0.3, -0.25) is 0 Å². The monoisotopic (exact) mass is 220 g/mol. The van der Waals surface area contributed by atoms with E-state index >= 15 is 0 Å². The van der Waals surface area contributed by atoms with E-state index in [9.17, 15) is 4.79 Å². The molecule has 0 saturated carbocycles. The van der Waals surface area contributed by atoms with Crippen LogP contribution in [0.25, 0.3) is 0 Å². The molecule has 1 rings (SSSR count). The van der Waals surface area contributed by atoms with E-state index in [4.69, 9.17) is 0 Å². The SMILES string of the molecule is O=[C]([In])c1ccccc1. The summed E-state index contributed by atoms with van der Waals surface area (Å²) in [7, 11) is 0. The van der Waals surface area contributed by atoms with Crippen molar-refractivity contribution in [3.63, 3.8) is 0 Å². The van der Waals surface area contributed by atoms with E-state index in [0.29, 0.717) is 24.4 Å². The zero-order chi connectivity index (χ0) is 6.69. The molecule has 0 unspecified atom stereocenters. The molecule has 0 aromatic heterocycles. The third kappa shape index (κ3) is 1.86. The molecule has 0 aliphatic rings. The Hall–Kier alpha value is -0.240. The van der Waals surface area contributed by atoms with Crippen LogP contribution in [-0.2, 0) is 0 Å². The van der Waals surface area contributed by atoms with Crippen molar-refractivity contribution < 1.29 is 4.79 Å². The Morgan fingerprint density at radius 2 is 1.78 bits per heavy atom. The van der Waals surface area contributed by atoms with Crippen molar-refractivity contribution in [1.29, 1.82) is 0 Å². The number of hydrogen-bond donors (Lipinski definition) is 0. The van der Waals surface area contributed by atoms with Crippen molar-refractivity contribution in [2.24, 2.45) is 0 Å². The summed E-state index contributed by atoms with van der Waals surface area (Å²) in [5, 5.41) is 0. The first-order valence-corrected chi connectivity index (χ1v) is 4.30. The maximum atomic E-state index is 10.7. The van der Waals surface area contributed by atoms with Crippen LogP contribution in [0, 0.1) is 0 Å². The average molecular weight is 220 g/mol. The van der Waals surface area contributed by atoms with Gasteiger partial charge in [0, 0.05) is 0 Å². The molecule has 0 heterocycles. The Kier molecular flexibility index (Phi) is 2.34. The molecule has 0 saturated heterocycles. The van der Waals surface area contributed by atoms with Gasteiger partial charge < -0.3 is 0 Å². The molecule has 0 amide bonds. The molecule has 1 aromatic carbocycles. The summed E-state index contributed by atoms with van der Waals surface area (Å²) in [6, 6.07) is 9.35. The minimum absolute atomic E-state index is 0.251. The molecule has 2 radical (unpaired) electrons. The molecule has 0 spiro atoms. The second-order valence-corrected chi connectivity index (χ2v) is 3.23. The van der Waals surface area contributed by atoms with Crippen LogP contribution in [-0.4, -0.2) is 27.9 Å². The van der Waals surface area contributed by atoms with E-state index in [1.807, 2.05) is 30.3 Å². The van der Waals surface area contributed by atoms with E-state index in [0.717, 1.165) is 5.56 Å². The van der Waals surface area contributed by atoms with E-state index in [1.54, 1.807) is 0 Å². The molecular formula is C7H5InO. The molecule has 0 aliphatic heterocycles. The van der Waals surface area contributed by atoms with Crippen LogP contribution >= 0.6 is 0 Å². The number of hydrogen-bond acceptors (Lipinski definition) is 1. The van der Waals surface area contributed by atoms with Gasteiger partial charge >= 0.3 is 68.6 Å². The topological polar surface area (TPSA) is 17.1 Å². The van der Waals surface area contributed by atoms with Gasteiger partial charge in [0.05, 0.1) is 0 Å². The van der Waals surface area contributed by atoms with Crippen LogP contribution in [0.4, 0.5) is 0 Å². The van der Waals surface area contributed by atoms with Crippen molar-refractivity contribution in [3.8, 4) is 0 Å². The van der Waals surface area contributed by atoms with Crippen molar-refractivity contribution in [1.82, 2.24) is 0 Å². The molecule has 42 valence electrons. The van der Waals surface area contributed by atoms with Crippen molar-refractivity contribution in [3.05, 3.63) is 35.9 Å². The van der Waals surface area contributed by atoms with Crippen molar-refractivity contribution >= 4 is 27.9 Å². The average Bonchev–Trinajstić information content (AvgIpc) is 1.90. The van der Waals surface area contributed by atoms with Gasteiger partial charge in [-0.25, -0.2) is 0 Å². The van der Waals surface area contributed by atoms with Gasteiger partial charge in [0.25, 0.3) is 0 Å². The Bertz CT molecular complexity index is 205. The summed E-state index contributed by atoms with van der Waals surface area (Å²) < 4.78 is 0.251. The fraction of sp³-hybridized carbons (Fsp3) is 0. The van der Waals surface area contributed by atoms with E-state index in [-0.39, 0.29) is 3.54 Å². The summed E-state index contributed by atoms with van der Waals surface area (Å²) in [5.41, 5.74) is 0.833. The molecule has 1 aromatic rings. The van der Waals surface area contributed by atoms with Gasteiger partial charge in [-0.1, -0.05) is 0 Å². The molecular weight excluding hydrogens is 215 g/mol. The third-order valence-electron chi connectivity index (χ3n) is 1.06. The summed E-state index contributed by atoms with van der Waals surface area (Å²) in [6.45, 7) is 0. The molecule has 0 bridgehead atoms. The molecule has 0 fully saturated rings. The molecule has 0 aliphatic carbocycles. The summed E-state index contributed by atoms with van der Waals surface area (Å²) in [6.07, 6.45) is 0. The van der Waals surface area contributed by atoms with Crippen LogP contribution in [0.3, 0.4) is 0 Å². The number of rotatable bonds is 1. The normalized spacial score (nSPS) is 8.89. The van der Waals surface area contributed by atoms with Crippen LogP contribution in [0.15, 0.2) is 30.3 Å². The minimum atomic E-state index is 0.251. The standard InChI is InChI=1S/C7H5O.In/c8-6-7-4-2-1-3-5-7;/h1-5H;. The first-order valence-electron chi connectivity index (χ1n) is 2.65. The molecule has 1 nitrogen and oxygen atoms in total. The molecule has 0 atom stereocenters. The third-order valence-corrected chi connectivity index (χ3v) is 2.01. The predicted octanol–water partition coefficient (Wildman–Crippen LogP) is 0.995. The fourth-order valence-corrected chi connectivity index (χ4v) is 1.15. The maximum absolute atomic E-state index is 10.7. The van der Waals surface area contributed by atoms with Gasteiger partial charge in [-0.15, -0.1) is 0 Å². The van der Waals surface area contributed by atoms with E-state index in [2.05, 4.69) is 0 Å². The Morgan fingerprint density at radius 3 is 2.11 bits per heavy atom. The van der Waals surface area contributed by atoms with Gasteiger partial charge in [-0.05, 0) is 0 Å². The van der Waals surface area contributed by atoms with Crippen LogP contribution in [0.1, 0.15) is 10.4 Å². The summed E-state index contributed by atoms with van der Waals surface area (Å²) in [4.78, 5) is 10.7. The number of benzene rings is 1. The summed E-state index contributed by atoms with van der Waals surface area (Å²) in [5.74, 6) is 0. The number of carbonyl (C=O) groups excluding carboxylic acids is 1. The van der Waals surface area contributed by atoms with E-state index < -0.39 is 0 Å². The van der Waals surface area contributed by atoms with Crippen molar-refractivity contribution in [2.75, 3.05) is 0 Å². The molecule has 9 heavy (non-hydrogen) atoms. The van der Waals surface area contributed by atoms with Crippen LogP contribution < -0.4 is 0 Å². The van der Waals surface area contributed by atoms with E-state index in [1.165, 1.54) is 0 Å². The zero-order valence-electron chi connectivity index (χ0n) is 4.87. The van der Waals surface area contributed by atoms with Crippen LogP contribution in [0.2, 0.25) is 0 Å².